The lowest BCUT2D eigenvalue weighted by Gasteiger charge is -2.22. The van der Waals surface area contributed by atoms with Crippen LogP contribution < -0.4 is 0 Å². The van der Waals surface area contributed by atoms with E-state index in [1.165, 1.54) is 0 Å². The topological polar surface area (TPSA) is 18.5 Å². The van der Waals surface area contributed by atoms with Gasteiger partial charge in [0.05, 0.1) is 13.2 Å². The Labute approximate surface area is 62.5 Å². The van der Waals surface area contributed by atoms with E-state index in [0.29, 0.717) is 0 Å². The van der Waals surface area contributed by atoms with Gasteiger partial charge in [0.2, 0.25) is 0 Å². The minimum atomic E-state index is 0.0653. The second-order valence-corrected chi connectivity index (χ2v) is 2.52. The molecule has 0 atom stereocenters. The fourth-order valence-corrected chi connectivity index (χ4v) is 1.01. The van der Waals surface area contributed by atoms with E-state index >= 15 is 0 Å². The summed E-state index contributed by atoms with van der Waals surface area (Å²) in [7, 11) is 0. The monoisotopic (exact) mass is 143 g/mol. The first-order chi connectivity index (χ1) is 4.93. The van der Waals surface area contributed by atoms with Crippen LogP contribution in [-0.4, -0.2) is 19.5 Å². The number of unbranched alkanes of at least 4 members (excludes halogenated alkanes) is 1. The van der Waals surface area contributed by atoms with Crippen LogP contribution in [0.4, 0.5) is 0 Å². The molecule has 0 aromatic carbocycles. The number of rotatable bonds is 3. The van der Waals surface area contributed by atoms with Crippen molar-refractivity contribution >= 4 is 0 Å². The highest BCUT2D eigenvalue weighted by molar-refractivity contribution is 4.52. The van der Waals surface area contributed by atoms with Gasteiger partial charge in [-0.1, -0.05) is 13.3 Å². The molecule has 1 saturated heterocycles. The number of hydrogen-bond donors (Lipinski definition) is 0. The average molecular weight is 143 g/mol. The van der Waals surface area contributed by atoms with Gasteiger partial charge in [0.25, 0.3) is 0 Å². The SMILES string of the molecule is [CH2]CCCC1OCCCO1. The van der Waals surface area contributed by atoms with Crippen LogP contribution >= 0.6 is 0 Å². The zero-order chi connectivity index (χ0) is 7.23. The van der Waals surface area contributed by atoms with Crippen molar-refractivity contribution in [2.45, 2.75) is 32.0 Å². The molecule has 1 fully saturated rings. The summed E-state index contributed by atoms with van der Waals surface area (Å²) in [6, 6.07) is 0. The molecule has 0 saturated carbocycles. The Kier molecular flexibility index (Phi) is 3.76. The smallest absolute Gasteiger partial charge is 0.157 e. The largest absolute Gasteiger partial charge is 0.353 e. The molecule has 0 amide bonds. The molecule has 2 heteroatoms. The molecule has 0 unspecified atom stereocenters. The van der Waals surface area contributed by atoms with Crippen molar-refractivity contribution in [1.82, 2.24) is 0 Å². The van der Waals surface area contributed by atoms with E-state index in [-0.39, 0.29) is 6.29 Å². The maximum atomic E-state index is 5.33. The summed E-state index contributed by atoms with van der Waals surface area (Å²) >= 11 is 0. The standard InChI is InChI=1S/C8H15O2/c1-2-3-5-8-9-6-4-7-10-8/h8H,1-7H2. The normalized spacial score (nSPS) is 21.3. The predicted molar refractivity (Wildman–Crippen MR) is 39.5 cm³/mol. The molecule has 0 spiro atoms. The molecule has 0 aromatic heterocycles. The van der Waals surface area contributed by atoms with Gasteiger partial charge in [-0.05, 0) is 19.3 Å². The first-order valence-corrected chi connectivity index (χ1v) is 3.96. The second-order valence-electron chi connectivity index (χ2n) is 2.52. The van der Waals surface area contributed by atoms with E-state index in [9.17, 15) is 0 Å². The Hall–Kier alpha value is -0.0800. The summed E-state index contributed by atoms with van der Waals surface area (Å²) in [5.74, 6) is 0. The van der Waals surface area contributed by atoms with Crippen LogP contribution in [0.25, 0.3) is 0 Å². The summed E-state index contributed by atoms with van der Waals surface area (Å²) < 4.78 is 10.7. The third kappa shape index (κ3) is 2.67. The quantitative estimate of drug-likeness (QED) is 0.599. The fourth-order valence-electron chi connectivity index (χ4n) is 1.01. The molecule has 1 rings (SSSR count). The molecule has 0 aromatic rings. The zero-order valence-electron chi connectivity index (χ0n) is 6.34. The summed E-state index contributed by atoms with van der Waals surface area (Å²) in [4.78, 5) is 0. The number of ether oxygens (including phenoxy) is 2. The van der Waals surface area contributed by atoms with Crippen LogP contribution in [0.15, 0.2) is 0 Å². The van der Waals surface area contributed by atoms with Crippen LogP contribution in [-0.2, 0) is 9.47 Å². The molecule has 0 aliphatic carbocycles. The van der Waals surface area contributed by atoms with Crippen molar-refractivity contribution in [2.75, 3.05) is 13.2 Å². The molecular weight excluding hydrogens is 128 g/mol. The van der Waals surface area contributed by atoms with Crippen LogP contribution in [0, 0.1) is 6.92 Å². The highest BCUT2D eigenvalue weighted by atomic mass is 16.7. The Morgan fingerprint density at radius 2 is 2.00 bits per heavy atom. The maximum absolute atomic E-state index is 5.33. The van der Waals surface area contributed by atoms with Gasteiger partial charge < -0.3 is 9.47 Å². The van der Waals surface area contributed by atoms with Gasteiger partial charge in [-0.2, -0.15) is 0 Å². The first kappa shape index (κ1) is 8.02. The molecule has 1 aliphatic rings. The molecule has 2 nitrogen and oxygen atoms in total. The van der Waals surface area contributed by atoms with E-state index in [1.807, 2.05) is 0 Å². The molecule has 1 radical (unpaired) electrons. The Balaban J connectivity index is 2.02. The highest BCUT2D eigenvalue weighted by Gasteiger charge is 2.12. The van der Waals surface area contributed by atoms with Gasteiger partial charge in [0.15, 0.2) is 6.29 Å². The summed E-state index contributed by atoms with van der Waals surface area (Å²) in [5.41, 5.74) is 0. The van der Waals surface area contributed by atoms with Gasteiger partial charge >= 0.3 is 0 Å². The van der Waals surface area contributed by atoms with Gasteiger partial charge in [-0.25, -0.2) is 0 Å². The molecule has 10 heavy (non-hydrogen) atoms. The van der Waals surface area contributed by atoms with Crippen molar-refractivity contribution in [3.8, 4) is 0 Å². The maximum Gasteiger partial charge on any atom is 0.157 e. The lowest BCUT2D eigenvalue weighted by Crippen LogP contribution is -2.24. The lowest BCUT2D eigenvalue weighted by atomic mass is 10.2. The van der Waals surface area contributed by atoms with Crippen LogP contribution in [0.5, 0.6) is 0 Å². The van der Waals surface area contributed by atoms with Crippen LogP contribution in [0.2, 0.25) is 0 Å². The van der Waals surface area contributed by atoms with E-state index in [0.717, 1.165) is 38.9 Å². The lowest BCUT2D eigenvalue weighted by molar-refractivity contribution is -0.181. The van der Waals surface area contributed by atoms with E-state index in [2.05, 4.69) is 6.92 Å². The molecule has 1 heterocycles. The highest BCUT2D eigenvalue weighted by Crippen LogP contribution is 2.10. The number of hydrogen-bond acceptors (Lipinski definition) is 2. The van der Waals surface area contributed by atoms with Crippen molar-refractivity contribution in [1.29, 1.82) is 0 Å². The average Bonchev–Trinajstić information content (AvgIpc) is 2.03. The zero-order valence-corrected chi connectivity index (χ0v) is 6.34. The third-order valence-electron chi connectivity index (χ3n) is 1.59. The minimum absolute atomic E-state index is 0.0653. The van der Waals surface area contributed by atoms with E-state index in [1.54, 1.807) is 0 Å². The van der Waals surface area contributed by atoms with Crippen LogP contribution in [0.3, 0.4) is 0 Å². The minimum Gasteiger partial charge on any atom is -0.353 e. The van der Waals surface area contributed by atoms with Crippen LogP contribution in [0.1, 0.15) is 25.7 Å². The Bertz CT molecular complexity index is 77.3. The summed E-state index contributed by atoms with van der Waals surface area (Å²) in [6.45, 7) is 5.48. The molecule has 1 aliphatic heterocycles. The Morgan fingerprint density at radius 1 is 1.30 bits per heavy atom. The Morgan fingerprint density at radius 3 is 2.60 bits per heavy atom. The van der Waals surface area contributed by atoms with Gasteiger partial charge in [0.1, 0.15) is 0 Å². The van der Waals surface area contributed by atoms with E-state index in [4.69, 9.17) is 9.47 Å². The van der Waals surface area contributed by atoms with Gasteiger partial charge in [0, 0.05) is 0 Å². The molecular formula is C8H15O2. The van der Waals surface area contributed by atoms with Crippen molar-refractivity contribution in [3.63, 3.8) is 0 Å². The summed E-state index contributed by atoms with van der Waals surface area (Å²) in [5, 5.41) is 0. The molecule has 0 N–H and O–H groups in total. The van der Waals surface area contributed by atoms with Crippen molar-refractivity contribution in [3.05, 3.63) is 6.92 Å². The van der Waals surface area contributed by atoms with Gasteiger partial charge in [-0.3, -0.25) is 0 Å². The first-order valence-electron chi connectivity index (χ1n) is 3.96. The second kappa shape index (κ2) is 4.69. The predicted octanol–water partition coefficient (Wildman–Crippen LogP) is 1.75. The molecule has 0 bridgehead atoms. The van der Waals surface area contributed by atoms with Crippen molar-refractivity contribution < 1.29 is 9.47 Å². The third-order valence-corrected chi connectivity index (χ3v) is 1.59. The fraction of sp³-hybridized carbons (Fsp3) is 0.875. The summed E-state index contributed by atoms with van der Waals surface area (Å²) in [6.07, 6.45) is 4.19. The van der Waals surface area contributed by atoms with Crippen molar-refractivity contribution in [2.24, 2.45) is 0 Å². The molecule has 59 valence electrons. The van der Waals surface area contributed by atoms with E-state index < -0.39 is 0 Å². The van der Waals surface area contributed by atoms with Gasteiger partial charge in [-0.15, -0.1) is 0 Å².